The van der Waals surface area contributed by atoms with E-state index in [0.29, 0.717) is 13.0 Å². The molecule has 0 aliphatic heterocycles. The number of carbonyl (C=O) groups is 1. The first-order valence-electron chi connectivity index (χ1n) is 5.17. The predicted octanol–water partition coefficient (Wildman–Crippen LogP) is 1.55. The molecule has 0 aromatic heterocycles. The molecule has 1 rings (SSSR count). The number of rotatable bonds is 4. The van der Waals surface area contributed by atoms with Crippen molar-refractivity contribution in [3.63, 3.8) is 0 Å². The van der Waals surface area contributed by atoms with E-state index in [-0.39, 0.29) is 11.9 Å². The summed E-state index contributed by atoms with van der Waals surface area (Å²) in [5.41, 5.74) is 6.50. The molecule has 1 unspecified atom stereocenters. The van der Waals surface area contributed by atoms with E-state index in [0.717, 1.165) is 5.56 Å². The van der Waals surface area contributed by atoms with Crippen LogP contribution in [-0.2, 0) is 4.79 Å². The normalized spacial score (nSPS) is 12.2. The van der Waals surface area contributed by atoms with E-state index in [1.165, 1.54) is 0 Å². The summed E-state index contributed by atoms with van der Waals surface area (Å²) >= 11 is 0. The summed E-state index contributed by atoms with van der Waals surface area (Å²) in [6.45, 7) is 2.43. The maximum absolute atomic E-state index is 11.6. The van der Waals surface area contributed by atoms with Gasteiger partial charge in [-0.25, -0.2) is 0 Å². The fourth-order valence-corrected chi connectivity index (χ4v) is 1.47. The average molecular weight is 206 g/mol. The fourth-order valence-electron chi connectivity index (χ4n) is 1.47. The first-order chi connectivity index (χ1) is 7.16. The van der Waals surface area contributed by atoms with Crippen molar-refractivity contribution >= 4 is 5.91 Å². The second-order valence-electron chi connectivity index (χ2n) is 3.63. The summed E-state index contributed by atoms with van der Waals surface area (Å²) in [5.74, 6) is 0.0915. The lowest BCUT2D eigenvalue weighted by molar-refractivity contribution is -0.131. The van der Waals surface area contributed by atoms with Gasteiger partial charge in [0.1, 0.15) is 0 Å². The molecule has 0 saturated heterocycles. The van der Waals surface area contributed by atoms with E-state index < -0.39 is 0 Å². The van der Waals surface area contributed by atoms with E-state index in [2.05, 4.69) is 0 Å². The van der Waals surface area contributed by atoms with Gasteiger partial charge in [-0.05, 0) is 12.5 Å². The van der Waals surface area contributed by atoms with Gasteiger partial charge in [0.2, 0.25) is 5.91 Å². The Hall–Kier alpha value is -1.35. The second kappa shape index (κ2) is 5.51. The Morgan fingerprint density at radius 1 is 1.40 bits per heavy atom. The zero-order valence-corrected chi connectivity index (χ0v) is 9.31. The van der Waals surface area contributed by atoms with Crippen LogP contribution in [-0.4, -0.2) is 24.4 Å². The van der Waals surface area contributed by atoms with Crippen LogP contribution in [0.4, 0.5) is 0 Å². The summed E-state index contributed by atoms with van der Waals surface area (Å²) in [5, 5.41) is 0. The minimum atomic E-state index is 0.0915. The Kier molecular flexibility index (Phi) is 4.31. The Bertz CT molecular complexity index is 311. The maximum Gasteiger partial charge on any atom is 0.224 e. The Morgan fingerprint density at radius 2 is 2.00 bits per heavy atom. The van der Waals surface area contributed by atoms with E-state index in [4.69, 9.17) is 5.73 Å². The summed E-state index contributed by atoms with van der Waals surface area (Å²) in [6.07, 6.45) is 0.410. The Labute approximate surface area is 90.9 Å². The van der Waals surface area contributed by atoms with Crippen molar-refractivity contribution in [2.24, 2.45) is 5.73 Å². The van der Waals surface area contributed by atoms with Crippen LogP contribution in [0.25, 0.3) is 0 Å². The summed E-state index contributed by atoms with van der Waals surface area (Å²) in [4.78, 5) is 13.3. The first kappa shape index (κ1) is 11.7. The standard InChI is InChI=1S/C12H18N2O/c1-10(11-6-4-3-5-7-11)14(2)12(15)8-9-13/h3-7,10H,8-9,13H2,1-2H3. The Balaban J connectivity index is 2.68. The van der Waals surface area contributed by atoms with Crippen LogP contribution in [0.2, 0.25) is 0 Å². The van der Waals surface area contributed by atoms with Crippen LogP contribution in [0.3, 0.4) is 0 Å². The molecule has 0 aliphatic carbocycles. The molecule has 15 heavy (non-hydrogen) atoms. The predicted molar refractivity (Wildman–Crippen MR) is 61.3 cm³/mol. The lowest BCUT2D eigenvalue weighted by Crippen LogP contribution is -2.30. The monoisotopic (exact) mass is 206 g/mol. The SMILES string of the molecule is CC(c1ccccc1)N(C)C(=O)CCN. The molecule has 0 bridgehead atoms. The quantitative estimate of drug-likeness (QED) is 0.812. The average Bonchev–Trinajstić information content (AvgIpc) is 2.28. The zero-order valence-electron chi connectivity index (χ0n) is 9.31. The number of nitrogens with two attached hydrogens (primary N) is 1. The van der Waals surface area contributed by atoms with E-state index in [1.54, 1.807) is 4.90 Å². The number of hydrogen-bond donors (Lipinski definition) is 1. The molecule has 3 nitrogen and oxygen atoms in total. The van der Waals surface area contributed by atoms with Crippen molar-refractivity contribution in [3.8, 4) is 0 Å². The highest BCUT2D eigenvalue weighted by Gasteiger charge is 2.15. The van der Waals surface area contributed by atoms with E-state index in [1.807, 2.05) is 44.3 Å². The van der Waals surface area contributed by atoms with E-state index in [9.17, 15) is 4.79 Å². The highest BCUT2D eigenvalue weighted by Crippen LogP contribution is 2.18. The molecular weight excluding hydrogens is 188 g/mol. The third-order valence-electron chi connectivity index (χ3n) is 2.61. The van der Waals surface area contributed by atoms with Gasteiger partial charge in [0.05, 0.1) is 6.04 Å². The van der Waals surface area contributed by atoms with Gasteiger partial charge in [0.15, 0.2) is 0 Å². The van der Waals surface area contributed by atoms with Crippen molar-refractivity contribution < 1.29 is 4.79 Å². The van der Waals surface area contributed by atoms with Crippen molar-refractivity contribution in [3.05, 3.63) is 35.9 Å². The number of benzene rings is 1. The van der Waals surface area contributed by atoms with Crippen LogP contribution in [0.15, 0.2) is 30.3 Å². The third kappa shape index (κ3) is 3.06. The number of hydrogen-bond acceptors (Lipinski definition) is 2. The van der Waals surface area contributed by atoms with Crippen molar-refractivity contribution in [2.75, 3.05) is 13.6 Å². The van der Waals surface area contributed by atoms with Crippen LogP contribution >= 0.6 is 0 Å². The number of carbonyl (C=O) groups excluding carboxylic acids is 1. The molecule has 0 aliphatic rings. The zero-order chi connectivity index (χ0) is 11.3. The van der Waals surface area contributed by atoms with Crippen LogP contribution in [0, 0.1) is 0 Å². The van der Waals surface area contributed by atoms with E-state index >= 15 is 0 Å². The second-order valence-corrected chi connectivity index (χ2v) is 3.63. The van der Waals surface area contributed by atoms with Crippen molar-refractivity contribution in [1.82, 2.24) is 4.90 Å². The molecule has 1 atom stereocenters. The molecular formula is C12H18N2O. The molecule has 0 radical (unpaired) electrons. The van der Waals surface area contributed by atoms with Crippen LogP contribution in [0.5, 0.6) is 0 Å². The number of nitrogens with zero attached hydrogens (tertiary/aromatic N) is 1. The largest absolute Gasteiger partial charge is 0.339 e. The topological polar surface area (TPSA) is 46.3 Å². The Morgan fingerprint density at radius 3 is 2.53 bits per heavy atom. The molecule has 0 fully saturated rings. The maximum atomic E-state index is 11.6. The minimum Gasteiger partial charge on any atom is -0.339 e. The third-order valence-corrected chi connectivity index (χ3v) is 2.61. The van der Waals surface area contributed by atoms with Crippen molar-refractivity contribution in [1.29, 1.82) is 0 Å². The van der Waals surface area contributed by atoms with Gasteiger partial charge in [0.25, 0.3) is 0 Å². The molecule has 2 N–H and O–H groups in total. The van der Waals surface area contributed by atoms with Crippen LogP contribution < -0.4 is 5.73 Å². The minimum absolute atomic E-state index is 0.0915. The molecule has 0 spiro atoms. The molecule has 3 heteroatoms. The fraction of sp³-hybridized carbons (Fsp3) is 0.417. The lowest BCUT2D eigenvalue weighted by Gasteiger charge is -2.25. The molecule has 1 aromatic carbocycles. The smallest absolute Gasteiger partial charge is 0.224 e. The van der Waals surface area contributed by atoms with Crippen LogP contribution in [0.1, 0.15) is 24.9 Å². The summed E-state index contributed by atoms with van der Waals surface area (Å²) in [6, 6.07) is 10.1. The molecule has 0 saturated carbocycles. The molecule has 1 aromatic rings. The number of amides is 1. The first-order valence-corrected chi connectivity index (χ1v) is 5.17. The van der Waals surface area contributed by atoms with Gasteiger partial charge in [-0.3, -0.25) is 4.79 Å². The summed E-state index contributed by atoms with van der Waals surface area (Å²) in [7, 11) is 1.82. The van der Waals surface area contributed by atoms with Gasteiger partial charge in [-0.1, -0.05) is 30.3 Å². The summed E-state index contributed by atoms with van der Waals surface area (Å²) < 4.78 is 0. The van der Waals surface area contributed by atoms with Crippen molar-refractivity contribution in [2.45, 2.75) is 19.4 Å². The molecule has 82 valence electrons. The molecule has 0 heterocycles. The highest BCUT2D eigenvalue weighted by atomic mass is 16.2. The van der Waals surface area contributed by atoms with Gasteiger partial charge < -0.3 is 10.6 Å². The van der Waals surface area contributed by atoms with Gasteiger partial charge in [-0.2, -0.15) is 0 Å². The van der Waals surface area contributed by atoms with Gasteiger partial charge in [-0.15, -0.1) is 0 Å². The van der Waals surface area contributed by atoms with Gasteiger partial charge in [0, 0.05) is 20.0 Å². The lowest BCUT2D eigenvalue weighted by atomic mass is 10.1. The molecule has 1 amide bonds. The highest BCUT2D eigenvalue weighted by molar-refractivity contribution is 5.76. The van der Waals surface area contributed by atoms with Gasteiger partial charge >= 0.3 is 0 Å².